The predicted molar refractivity (Wildman–Crippen MR) is 129 cm³/mol. The average molecular weight is 462 g/mol. The lowest BCUT2D eigenvalue weighted by molar-refractivity contribution is -0.142. The zero-order chi connectivity index (χ0) is 25.0. The van der Waals surface area contributed by atoms with E-state index in [-0.39, 0.29) is 18.9 Å². The minimum atomic E-state index is -1.33. The zero-order valence-corrected chi connectivity index (χ0v) is 20.3. The molecule has 0 fully saturated rings. The molecule has 0 aromatic carbocycles. The topological polar surface area (TPSA) is 115 Å². The second-order valence-electron chi connectivity index (χ2n) is 8.99. The van der Waals surface area contributed by atoms with E-state index in [1.54, 1.807) is 0 Å². The number of amides is 1. The number of aliphatic hydroxyl groups excluding tert-OH is 2. The van der Waals surface area contributed by atoms with Crippen LogP contribution in [0.5, 0.6) is 0 Å². The normalized spacial score (nSPS) is 17.9. The number of nitrogens with zero attached hydrogens (tertiary/aromatic N) is 1. The van der Waals surface area contributed by atoms with Crippen molar-refractivity contribution in [2.24, 2.45) is 5.92 Å². The van der Waals surface area contributed by atoms with Gasteiger partial charge in [-0.05, 0) is 65.2 Å². The van der Waals surface area contributed by atoms with E-state index in [1.807, 2.05) is 19.1 Å². The molecule has 1 amide bonds. The maximum Gasteiger partial charge on any atom is 0.323 e. The largest absolute Gasteiger partial charge is 0.480 e. The summed E-state index contributed by atoms with van der Waals surface area (Å²) in [7, 11) is 0. The first-order valence-electron chi connectivity index (χ1n) is 11.6. The molecule has 7 heteroatoms. The molecule has 0 aromatic rings. The van der Waals surface area contributed by atoms with Crippen molar-refractivity contribution in [3.8, 4) is 0 Å². The predicted octanol–water partition coefficient (Wildman–Crippen LogP) is 3.58. The lowest BCUT2D eigenvalue weighted by Gasteiger charge is -2.15. The van der Waals surface area contributed by atoms with E-state index >= 15 is 0 Å². The summed E-state index contributed by atoms with van der Waals surface area (Å²) in [5.41, 5.74) is 2.89. The molecule has 0 aliphatic carbocycles. The van der Waals surface area contributed by atoms with Gasteiger partial charge in [-0.2, -0.15) is 0 Å². The Morgan fingerprint density at radius 1 is 1.18 bits per heavy atom. The number of Topliss-reactive ketones (excluding diaryl/α,β-unsaturated/α-hetero) is 1. The summed E-state index contributed by atoms with van der Waals surface area (Å²) in [6.07, 6.45) is 12.2. The van der Waals surface area contributed by atoms with Crippen molar-refractivity contribution in [2.75, 3.05) is 13.1 Å². The minimum Gasteiger partial charge on any atom is -0.480 e. The summed E-state index contributed by atoms with van der Waals surface area (Å²) in [4.78, 5) is 35.4. The van der Waals surface area contributed by atoms with Crippen molar-refractivity contribution in [1.82, 2.24) is 4.90 Å². The number of ketones is 1. The molecule has 33 heavy (non-hydrogen) atoms. The Bertz CT molecular complexity index is 808. The molecule has 1 heterocycles. The van der Waals surface area contributed by atoms with Crippen molar-refractivity contribution >= 4 is 17.7 Å². The number of hydrogen-bond donors (Lipinski definition) is 3. The molecule has 2 unspecified atom stereocenters. The quantitative estimate of drug-likeness (QED) is 0.254. The maximum atomic E-state index is 12.1. The SMILES string of the molecule is CC(=O)C(O)C(O)C/C(C)=C\CC[C@H](C)/C=C/C=C(\C)CCCC1=CCN(CC(=O)O)C1=O. The van der Waals surface area contributed by atoms with Gasteiger partial charge in [-0.1, -0.05) is 48.5 Å². The minimum absolute atomic E-state index is 0.165. The third kappa shape index (κ3) is 11.3. The van der Waals surface area contributed by atoms with Gasteiger partial charge < -0.3 is 20.2 Å². The molecule has 0 spiro atoms. The Kier molecular flexibility index (Phi) is 12.6. The summed E-state index contributed by atoms with van der Waals surface area (Å²) in [5.74, 6) is -1.20. The molecular formula is C26H39NO6. The van der Waals surface area contributed by atoms with Crippen molar-refractivity contribution in [1.29, 1.82) is 0 Å². The van der Waals surface area contributed by atoms with Crippen LogP contribution in [0, 0.1) is 5.92 Å². The first kappa shape index (κ1) is 28.5. The molecule has 184 valence electrons. The van der Waals surface area contributed by atoms with Gasteiger partial charge >= 0.3 is 5.97 Å². The van der Waals surface area contributed by atoms with E-state index in [4.69, 9.17) is 5.11 Å². The molecule has 0 saturated heterocycles. The Hall–Kier alpha value is -2.51. The lowest BCUT2D eigenvalue weighted by Crippen LogP contribution is -2.32. The fraction of sp³-hybridized carbons (Fsp3) is 0.577. The smallest absolute Gasteiger partial charge is 0.323 e. The molecule has 1 aliphatic heterocycles. The Morgan fingerprint density at radius 2 is 1.88 bits per heavy atom. The Morgan fingerprint density at radius 3 is 2.52 bits per heavy atom. The van der Waals surface area contributed by atoms with Crippen LogP contribution in [-0.4, -0.2) is 63.2 Å². The standard InChI is InChI=1S/C26H39NO6/c1-18(10-6-12-20(3)16-23(29)25(32)21(4)28)8-5-9-19(2)11-7-13-22-14-15-27(26(22)33)17-24(30)31/h5,8-9,12,14,18,23,25,29,32H,6-7,10-11,13,15-17H2,1-4H3,(H,30,31)/b8-5+,19-9+,20-12-/t18-,23?,25?/m1/s1. The van der Waals surface area contributed by atoms with Crippen LogP contribution in [0.3, 0.4) is 0 Å². The van der Waals surface area contributed by atoms with E-state index in [0.717, 1.165) is 31.3 Å². The molecule has 3 N–H and O–H groups in total. The van der Waals surface area contributed by atoms with Gasteiger partial charge in [0.15, 0.2) is 5.78 Å². The summed E-state index contributed by atoms with van der Waals surface area (Å²) in [6.45, 7) is 7.48. The van der Waals surface area contributed by atoms with Crippen LogP contribution in [0.25, 0.3) is 0 Å². The average Bonchev–Trinajstić information content (AvgIpc) is 3.06. The van der Waals surface area contributed by atoms with Gasteiger partial charge in [-0.25, -0.2) is 0 Å². The highest BCUT2D eigenvalue weighted by molar-refractivity contribution is 5.97. The van der Waals surface area contributed by atoms with Gasteiger partial charge in [0.2, 0.25) is 5.91 Å². The van der Waals surface area contributed by atoms with Gasteiger partial charge in [0, 0.05) is 12.1 Å². The number of aliphatic carboxylic acids is 1. The van der Waals surface area contributed by atoms with Crippen molar-refractivity contribution in [3.63, 3.8) is 0 Å². The van der Waals surface area contributed by atoms with E-state index in [2.05, 4.69) is 32.1 Å². The lowest BCUT2D eigenvalue weighted by atomic mass is 9.99. The number of hydrogen-bond acceptors (Lipinski definition) is 5. The molecule has 0 radical (unpaired) electrons. The third-order valence-corrected chi connectivity index (χ3v) is 5.71. The highest BCUT2D eigenvalue weighted by atomic mass is 16.4. The van der Waals surface area contributed by atoms with Gasteiger partial charge in [-0.15, -0.1) is 0 Å². The second-order valence-corrected chi connectivity index (χ2v) is 8.99. The van der Waals surface area contributed by atoms with E-state index in [1.165, 1.54) is 17.4 Å². The molecule has 1 rings (SSSR count). The second kappa shape index (κ2) is 14.6. The van der Waals surface area contributed by atoms with Crippen LogP contribution in [-0.2, 0) is 14.4 Å². The van der Waals surface area contributed by atoms with Crippen LogP contribution in [0.4, 0.5) is 0 Å². The molecule has 3 atom stereocenters. The van der Waals surface area contributed by atoms with Crippen molar-refractivity contribution < 1.29 is 29.7 Å². The first-order valence-corrected chi connectivity index (χ1v) is 11.6. The van der Waals surface area contributed by atoms with E-state index in [0.29, 0.717) is 24.5 Å². The maximum absolute atomic E-state index is 12.1. The highest BCUT2D eigenvalue weighted by Gasteiger charge is 2.24. The summed E-state index contributed by atoms with van der Waals surface area (Å²) < 4.78 is 0. The van der Waals surface area contributed by atoms with Crippen LogP contribution in [0.15, 0.2) is 47.1 Å². The number of carboxylic acid groups (broad SMARTS) is 1. The van der Waals surface area contributed by atoms with Gasteiger partial charge in [-0.3, -0.25) is 14.4 Å². The fourth-order valence-electron chi connectivity index (χ4n) is 3.64. The van der Waals surface area contributed by atoms with Crippen LogP contribution >= 0.6 is 0 Å². The molecule has 1 aliphatic rings. The van der Waals surface area contributed by atoms with Gasteiger partial charge in [0.25, 0.3) is 0 Å². The number of carbonyl (C=O) groups excluding carboxylic acids is 2. The monoisotopic (exact) mass is 461 g/mol. The first-order chi connectivity index (χ1) is 15.5. The third-order valence-electron chi connectivity index (χ3n) is 5.71. The molecule has 0 bridgehead atoms. The molecule has 7 nitrogen and oxygen atoms in total. The molecule has 0 aromatic heterocycles. The van der Waals surface area contributed by atoms with Gasteiger partial charge in [0.1, 0.15) is 12.6 Å². The number of carboxylic acids is 1. The van der Waals surface area contributed by atoms with Crippen LogP contribution in [0.2, 0.25) is 0 Å². The number of aliphatic hydroxyl groups is 2. The number of rotatable bonds is 15. The Balaban J connectivity index is 2.31. The zero-order valence-electron chi connectivity index (χ0n) is 20.3. The van der Waals surface area contributed by atoms with Gasteiger partial charge in [0.05, 0.1) is 6.10 Å². The van der Waals surface area contributed by atoms with E-state index < -0.39 is 24.0 Å². The molecule has 0 saturated carbocycles. The van der Waals surface area contributed by atoms with Crippen LogP contribution < -0.4 is 0 Å². The van der Waals surface area contributed by atoms with Crippen LogP contribution in [0.1, 0.15) is 66.2 Å². The fourth-order valence-corrected chi connectivity index (χ4v) is 3.64. The Labute approximate surface area is 197 Å². The number of allylic oxidation sites excluding steroid dienone is 5. The van der Waals surface area contributed by atoms with E-state index in [9.17, 15) is 24.6 Å². The van der Waals surface area contributed by atoms with Crippen molar-refractivity contribution in [3.05, 3.63) is 47.1 Å². The van der Waals surface area contributed by atoms with Crippen molar-refractivity contribution in [2.45, 2.75) is 78.4 Å². The highest BCUT2D eigenvalue weighted by Crippen LogP contribution is 2.19. The summed E-state index contributed by atoms with van der Waals surface area (Å²) in [5, 5.41) is 28.2. The molecular weight excluding hydrogens is 422 g/mol. The summed E-state index contributed by atoms with van der Waals surface area (Å²) in [6, 6.07) is 0. The number of carbonyl (C=O) groups is 3. The summed E-state index contributed by atoms with van der Waals surface area (Å²) >= 11 is 0.